The summed E-state index contributed by atoms with van der Waals surface area (Å²) >= 11 is 3.47. The van der Waals surface area contributed by atoms with Crippen LogP contribution < -0.4 is 4.74 Å². The third kappa shape index (κ3) is 3.07. The van der Waals surface area contributed by atoms with Crippen molar-refractivity contribution < 1.29 is 4.74 Å². The third-order valence-corrected chi connectivity index (χ3v) is 3.13. The fraction of sp³-hybridized carbons (Fsp3) is 0.214. The SMILES string of the molecule is Cc1cccc(CBr)c1OCc1ccccn1. The highest BCUT2D eigenvalue weighted by Crippen LogP contribution is 2.26. The van der Waals surface area contributed by atoms with Crippen LogP contribution in [0.15, 0.2) is 42.6 Å². The van der Waals surface area contributed by atoms with Gasteiger partial charge in [-0.25, -0.2) is 0 Å². The predicted molar refractivity (Wildman–Crippen MR) is 72.4 cm³/mol. The smallest absolute Gasteiger partial charge is 0.130 e. The Labute approximate surface area is 110 Å². The fourth-order valence-electron chi connectivity index (χ4n) is 1.65. The first-order valence-corrected chi connectivity index (χ1v) is 6.60. The van der Waals surface area contributed by atoms with Crippen LogP contribution in [-0.2, 0) is 11.9 Å². The summed E-state index contributed by atoms with van der Waals surface area (Å²) in [7, 11) is 0. The van der Waals surface area contributed by atoms with E-state index < -0.39 is 0 Å². The molecule has 0 aliphatic carbocycles. The molecule has 0 bridgehead atoms. The lowest BCUT2D eigenvalue weighted by Crippen LogP contribution is -2.01. The van der Waals surface area contributed by atoms with Gasteiger partial charge in [0.15, 0.2) is 0 Å². The molecule has 3 heteroatoms. The molecule has 0 unspecified atom stereocenters. The number of rotatable bonds is 4. The molecule has 1 aromatic carbocycles. The van der Waals surface area contributed by atoms with Crippen molar-refractivity contribution in [3.63, 3.8) is 0 Å². The molecule has 1 aromatic heterocycles. The van der Waals surface area contributed by atoms with Crippen molar-refractivity contribution in [3.05, 3.63) is 59.4 Å². The largest absolute Gasteiger partial charge is 0.487 e. The summed E-state index contributed by atoms with van der Waals surface area (Å²) in [6, 6.07) is 12.0. The van der Waals surface area contributed by atoms with E-state index in [1.165, 1.54) is 5.56 Å². The summed E-state index contributed by atoms with van der Waals surface area (Å²) in [6.07, 6.45) is 1.78. The first kappa shape index (κ1) is 12.1. The Balaban J connectivity index is 2.14. The van der Waals surface area contributed by atoms with E-state index in [0.717, 1.165) is 22.3 Å². The van der Waals surface area contributed by atoms with Gasteiger partial charge in [0.1, 0.15) is 12.4 Å². The minimum Gasteiger partial charge on any atom is -0.487 e. The van der Waals surface area contributed by atoms with Crippen molar-refractivity contribution in [2.24, 2.45) is 0 Å². The van der Waals surface area contributed by atoms with E-state index in [2.05, 4.69) is 40.0 Å². The highest BCUT2D eigenvalue weighted by Gasteiger charge is 2.06. The van der Waals surface area contributed by atoms with Crippen LogP contribution in [0.3, 0.4) is 0 Å². The molecule has 0 N–H and O–H groups in total. The molecular weight excluding hydrogens is 278 g/mol. The van der Waals surface area contributed by atoms with Gasteiger partial charge in [-0.2, -0.15) is 0 Å². The number of hydrogen-bond donors (Lipinski definition) is 0. The van der Waals surface area contributed by atoms with E-state index in [1.54, 1.807) is 6.20 Å². The number of halogens is 1. The number of nitrogens with zero attached hydrogens (tertiary/aromatic N) is 1. The molecule has 2 nitrogen and oxygen atoms in total. The van der Waals surface area contributed by atoms with Crippen LogP contribution in [0.1, 0.15) is 16.8 Å². The molecule has 0 spiro atoms. The number of aromatic nitrogens is 1. The van der Waals surface area contributed by atoms with E-state index in [4.69, 9.17) is 4.74 Å². The number of benzene rings is 1. The molecule has 2 rings (SSSR count). The number of pyridine rings is 1. The standard InChI is InChI=1S/C14H14BrNO/c1-11-5-4-6-12(9-15)14(11)17-10-13-7-2-3-8-16-13/h2-8H,9-10H2,1H3. The van der Waals surface area contributed by atoms with Gasteiger partial charge in [-0.15, -0.1) is 0 Å². The minimum absolute atomic E-state index is 0.506. The molecule has 0 aliphatic heterocycles. The van der Waals surface area contributed by atoms with Crippen molar-refractivity contribution in [2.75, 3.05) is 0 Å². The van der Waals surface area contributed by atoms with Gasteiger partial charge in [0, 0.05) is 17.1 Å². The van der Waals surface area contributed by atoms with Crippen LogP contribution in [0.2, 0.25) is 0 Å². The molecule has 0 atom stereocenters. The Bertz CT molecular complexity index is 485. The Morgan fingerprint density at radius 3 is 2.76 bits per heavy atom. The van der Waals surface area contributed by atoms with Crippen molar-refractivity contribution in [1.29, 1.82) is 0 Å². The number of hydrogen-bond acceptors (Lipinski definition) is 2. The van der Waals surface area contributed by atoms with Crippen LogP contribution in [0.4, 0.5) is 0 Å². The molecule has 1 heterocycles. The first-order valence-electron chi connectivity index (χ1n) is 5.48. The van der Waals surface area contributed by atoms with Gasteiger partial charge in [-0.05, 0) is 24.6 Å². The van der Waals surface area contributed by atoms with E-state index in [0.29, 0.717) is 6.61 Å². The summed E-state index contributed by atoms with van der Waals surface area (Å²) in [4.78, 5) is 4.24. The summed E-state index contributed by atoms with van der Waals surface area (Å²) < 4.78 is 5.85. The molecule has 0 radical (unpaired) electrons. The van der Waals surface area contributed by atoms with Gasteiger partial charge in [-0.3, -0.25) is 4.98 Å². The van der Waals surface area contributed by atoms with Gasteiger partial charge in [0.2, 0.25) is 0 Å². The molecule has 88 valence electrons. The number of alkyl halides is 1. The summed E-state index contributed by atoms with van der Waals surface area (Å²) in [5.74, 6) is 0.954. The molecule has 0 fully saturated rings. The molecule has 0 saturated carbocycles. The van der Waals surface area contributed by atoms with Gasteiger partial charge >= 0.3 is 0 Å². The Hall–Kier alpha value is -1.35. The average molecular weight is 292 g/mol. The van der Waals surface area contributed by atoms with Crippen molar-refractivity contribution in [2.45, 2.75) is 18.9 Å². The second-order valence-corrected chi connectivity index (χ2v) is 4.37. The van der Waals surface area contributed by atoms with Gasteiger partial charge in [0.05, 0.1) is 5.69 Å². The van der Waals surface area contributed by atoms with Gasteiger partial charge < -0.3 is 4.74 Å². The second kappa shape index (κ2) is 5.82. The molecule has 2 aromatic rings. The number of ether oxygens (including phenoxy) is 1. The monoisotopic (exact) mass is 291 g/mol. The number of aryl methyl sites for hydroxylation is 1. The summed E-state index contributed by atoms with van der Waals surface area (Å²) in [5.41, 5.74) is 3.26. The molecule has 0 aliphatic rings. The minimum atomic E-state index is 0.506. The van der Waals surface area contributed by atoms with Crippen molar-refractivity contribution in [1.82, 2.24) is 4.98 Å². The van der Waals surface area contributed by atoms with Crippen molar-refractivity contribution >= 4 is 15.9 Å². The molecule has 0 amide bonds. The highest BCUT2D eigenvalue weighted by atomic mass is 79.9. The first-order chi connectivity index (χ1) is 8.31. The fourth-order valence-corrected chi connectivity index (χ4v) is 2.10. The Morgan fingerprint density at radius 1 is 1.18 bits per heavy atom. The normalized spacial score (nSPS) is 10.2. The van der Waals surface area contributed by atoms with E-state index >= 15 is 0 Å². The molecule has 17 heavy (non-hydrogen) atoms. The zero-order valence-corrected chi connectivity index (χ0v) is 11.3. The molecule has 0 saturated heterocycles. The topological polar surface area (TPSA) is 22.1 Å². The zero-order chi connectivity index (χ0) is 12.1. The van der Waals surface area contributed by atoms with Crippen LogP contribution >= 0.6 is 15.9 Å². The van der Waals surface area contributed by atoms with Gasteiger partial charge in [0.25, 0.3) is 0 Å². The highest BCUT2D eigenvalue weighted by molar-refractivity contribution is 9.08. The lowest BCUT2D eigenvalue weighted by molar-refractivity contribution is 0.297. The van der Waals surface area contributed by atoms with E-state index in [1.807, 2.05) is 24.3 Å². The Morgan fingerprint density at radius 2 is 2.06 bits per heavy atom. The van der Waals surface area contributed by atoms with Crippen LogP contribution in [0.25, 0.3) is 0 Å². The van der Waals surface area contributed by atoms with Crippen LogP contribution in [-0.4, -0.2) is 4.98 Å². The average Bonchev–Trinajstić information content (AvgIpc) is 2.38. The predicted octanol–water partition coefficient (Wildman–Crippen LogP) is 3.86. The Kier molecular flexibility index (Phi) is 4.15. The third-order valence-electron chi connectivity index (χ3n) is 2.53. The molecular formula is C14H14BrNO. The van der Waals surface area contributed by atoms with Crippen LogP contribution in [0.5, 0.6) is 5.75 Å². The zero-order valence-electron chi connectivity index (χ0n) is 9.69. The van der Waals surface area contributed by atoms with Crippen molar-refractivity contribution in [3.8, 4) is 5.75 Å². The summed E-state index contributed by atoms with van der Waals surface area (Å²) in [6.45, 7) is 2.56. The second-order valence-electron chi connectivity index (χ2n) is 3.81. The lowest BCUT2D eigenvalue weighted by Gasteiger charge is -2.12. The maximum Gasteiger partial charge on any atom is 0.130 e. The van der Waals surface area contributed by atoms with E-state index in [-0.39, 0.29) is 0 Å². The lowest BCUT2D eigenvalue weighted by atomic mass is 10.1. The van der Waals surface area contributed by atoms with E-state index in [9.17, 15) is 0 Å². The quantitative estimate of drug-likeness (QED) is 0.798. The number of para-hydroxylation sites is 1. The maximum absolute atomic E-state index is 5.85. The van der Waals surface area contributed by atoms with Crippen LogP contribution in [0, 0.1) is 6.92 Å². The van der Waals surface area contributed by atoms with Gasteiger partial charge in [-0.1, -0.05) is 40.2 Å². The summed E-state index contributed by atoms with van der Waals surface area (Å²) in [5, 5.41) is 0.798. The maximum atomic E-state index is 5.85.